The van der Waals surface area contributed by atoms with Gasteiger partial charge in [0.05, 0.1) is 0 Å². The maximum Gasteiger partial charge on any atom is 0.0136 e. The zero-order valence-corrected chi connectivity index (χ0v) is 7.97. The highest BCUT2D eigenvalue weighted by atomic mass is 14.9. The Kier molecular flexibility index (Phi) is 2.13. The molecule has 0 radical (unpaired) electrons. The third kappa shape index (κ3) is 1.27. The van der Waals surface area contributed by atoms with Crippen LogP contribution >= 0.6 is 0 Å². The quantitative estimate of drug-likeness (QED) is 0.660. The highest BCUT2D eigenvalue weighted by Crippen LogP contribution is 2.52. The minimum atomic E-state index is 0.485. The van der Waals surface area contributed by atoms with Gasteiger partial charge in [0.25, 0.3) is 0 Å². The molecule has 0 amide bonds. The lowest BCUT2D eigenvalue weighted by molar-refractivity contribution is 0.193. The lowest BCUT2D eigenvalue weighted by Gasteiger charge is -2.36. The van der Waals surface area contributed by atoms with Gasteiger partial charge in [0, 0.05) is 12.6 Å². The maximum absolute atomic E-state index is 6.27. The molecule has 0 aromatic heterocycles. The molecule has 0 spiro atoms. The Morgan fingerprint density at radius 1 is 1.50 bits per heavy atom. The van der Waals surface area contributed by atoms with Crippen LogP contribution in [0.4, 0.5) is 0 Å². The highest BCUT2D eigenvalue weighted by molar-refractivity contribution is 5.05. The molecular weight excluding hydrogens is 148 g/mol. The Hall–Kier alpha value is -0.0800. The smallest absolute Gasteiger partial charge is 0.0136 e. The van der Waals surface area contributed by atoms with Gasteiger partial charge >= 0.3 is 0 Å². The molecular formula is C10H20N2. The second-order valence-corrected chi connectivity index (χ2v) is 4.61. The molecule has 12 heavy (non-hydrogen) atoms. The molecule has 3 N–H and O–H groups in total. The van der Waals surface area contributed by atoms with Gasteiger partial charge in [-0.3, -0.25) is 0 Å². The fraction of sp³-hybridized carbons (Fsp3) is 1.00. The van der Waals surface area contributed by atoms with Gasteiger partial charge < -0.3 is 11.1 Å². The van der Waals surface area contributed by atoms with E-state index in [9.17, 15) is 0 Å². The van der Waals surface area contributed by atoms with Crippen LogP contribution in [-0.4, -0.2) is 19.6 Å². The van der Waals surface area contributed by atoms with Crippen molar-refractivity contribution < 1.29 is 0 Å². The summed E-state index contributed by atoms with van der Waals surface area (Å²) in [7, 11) is 2.04. The molecule has 70 valence electrons. The summed E-state index contributed by atoms with van der Waals surface area (Å²) in [5.74, 6) is 0.848. The van der Waals surface area contributed by atoms with E-state index in [1.165, 1.54) is 32.1 Å². The molecule has 2 heteroatoms. The summed E-state index contributed by atoms with van der Waals surface area (Å²) in [5, 5.41) is 3.27. The summed E-state index contributed by atoms with van der Waals surface area (Å²) in [5.41, 5.74) is 6.77. The molecule has 0 heterocycles. The van der Waals surface area contributed by atoms with E-state index in [2.05, 4.69) is 5.32 Å². The average molecular weight is 168 g/mol. The van der Waals surface area contributed by atoms with Crippen molar-refractivity contribution in [2.75, 3.05) is 13.6 Å². The zero-order chi connectivity index (χ0) is 8.60. The molecule has 0 saturated heterocycles. The maximum atomic E-state index is 6.27. The zero-order valence-electron chi connectivity index (χ0n) is 7.97. The van der Waals surface area contributed by atoms with Crippen LogP contribution in [0.3, 0.4) is 0 Å². The molecule has 0 aromatic rings. The summed E-state index contributed by atoms with van der Waals surface area (Å²) in [6, 6.07) is 0.485. The summed E-state index contributed by atoms with van der Waals surface area (Å²) < 4.78 is 0. The van der Waals surface area contributed by atoms with Crippen LogP contribution in [0.15, 0.2) is 0 Å². The number of rotatable bonds is 4. The van der Waals surface area contributed by atoms with E-state index in [1.54, 1.807) is 0 Å². The van der Waals surface area contributed by atoms with E-state index in [0.29, 0.717) is 11.5 Å². The Morgan fingerprint density at radius 2 is 2.17 bits per heavy atom. The lowest BCUT2D eigenvalue weighted by Crippen LogP contribution is -2.45. The highest BCUT2D eigenvalue weighted by Gasteiger charge is 2.50. The second-order valence-electron chi connectivity index (χ2n) is 4.61. The van der Waals surface area contributed by atoms with Crippen LogP contribution in [0.25, 0.3) is 0 Å². The largest absolute Gasteiger partial charge is 0.327 e. The van der Waals surface area contributed by atoms with Gasteiger partial charge in [-0.25, -0.2) is 0 Å². The van der Waals surface area contributed by atoms with Crippen molar-refractivity contribution in [1.29, 1.82) is 0 Å². The van der Waals surface area contributed by atoms with Crippen LogP contribution < -0.4 is 11.1 Å². The molecule has 2 rings (SSSR count). The predicted molar refractivity (Wildman–Crippen MR) is 50.9 cm³/mol. The fourth-order valence-electron chi connectivity index (χ4n) is 2.44. The number of nitrogens with two attached hydrogens (primary N) is 1. The molecule has 0 aromatic carbocycles. The van der Waals surface area contributed by atoms with Gasteiger partial charge in [0.1, 0.15) is 0 Å². The molecule has 2 aliphatic rings. The fourth-order valence-corrected chi connectivity index (χ4v) is 2.44. The third-order valence-electron chi connectivity index (χ3n) is 3.79. The molecule has 1 unspecified atom stereocenters. The predicted octanol–water partition coefficient (Wildman–Crippen LogP) is 1.11. The second kappa shape index (κ2) is 3.00. The van der Waals surface area contributed by atoms with Crippen molar-refractivity contribution in [3.8, 4) is 0 Å². The summed E-state index contributed by atoms with van der Waals surface area (Å²) >= 11 is 0. The summed E-state index contributed by atoms with van der Waals surface area (Å²) in [6.45, 7) is 1.13. The van der Waals surface area contributed by atoms with Gasteiger partial charge in [-0.1, -0.05) is 6.42 Å². The Balaban J connectivity index is 1.88. The Labute approximate surface area is 74.9 Å². The van der Waals surface area contributed by atoms with E-state index < -0.39 is 0 Å². The molecule has 1 atom stereocenters. The molecule has 2 fully saturated rings. The molecule has 2 nitrogen and oxygen atoms in total. The van der Waals surface area contributed by atoms with E-state index in [4.69, 9.17) is 5.73 Å². The van der Waals surface area contributed by atoms with Crippen LogP contribution in [0, 0.1) is 11.3 Å². The minimum absolute atomic E-state index is 0.485. The van der Waals surface area contributed by atoms with Crippen LogP contribution in [0.1, 0.15) is 32.1 Å². The van der Waals surface area contributed by atoms with E-state index in [-0.39, 0.29) is 0 Å². The number of hydrogen-bond donors (Lipinski definition) is 2. The van der Waals surface area contributed by atoms with Crippen molar-refractivity contribution in [1.82, 2.24) is 5.32 Å². The van der Waals surface area contributed by atoms with Crippen molar-refractivity contribution in [3.63, 3.8) is 0 Å². The van der Waals surface area contributed by atoms with Crippen LogP contribution in [0.2, 0.25) is 0 Å². The first-order valence-electron chi connectivity index (χ1n) is 5.19. The van der Waals surface area contributed by atoms with Gasteiger partial charge in [0.2, 0.25) is 0 Å². The van der Waals surface area contributed by atoms with Crippen LogP contribution in [0.5, 0.6) is 0 Å². The normalized spacial score (nSPS) is 29.5. The third-order valence-corrected chi connectivity index (χ3v) is 3.79. The first-order chi connectivity index (χ1) is 5.78. The van der Waals surface area contributed by atoms with Gasteiger partial charge in [-0.05, 0) is 44.1 Å². The minimum Gasteiger partial charge on any atom is -0.327 e. The van der Waals surface area contributed by atoms with Crippen molar-refractivity contribution in [2.45, 2.75) is 38.1 Å². The Bertz CT molecular complexity index is 159. The standard InChI is InChI=1S/C10H20N2/c1-12-7-10(5-6-10)9(11)8-3-2-4-8/h8-9,12H,2-7,11H2,1H3. The molecule has 0 aliphatic heterocycles. The van der Waals surface area contributed by atoms with E-state index >= 15 is 0 Å². The lowest BCUT2D eigenvalue weighted by atomic mass is 9.74. The van der Waals surface area contributed by atoms with Gasteiger partial charge in [-0.15, -0.1) is 0 Å². The topological polar surface area (TPSA) is 38.0 Å². The van der Waals surface area contributed by atoms with Crippen molar-refractivity contribution in [2.24, 2.45) is 17.1 Å². The molecule has 2 saturated carbocycles. The average Bonchev–Trinajstić information content (AvgIpc) is 2.66. The van der Waals surface area contributed by atoms with Crippen molar-refractivity contribution in [3.05, 3.63) is 0 Å². The monoisotopic (exact) mass is 168 g/mol. The molecule has 2 aliphatic carbocycles. The summed E-state index contributed by atoms with van der Waals surface area (Å²) in [4.78, 5) is 0. The first-order valence-corrected chi connectivity index (χ1v) is 5.19. The number of hydrogen-bond acceptors (Lipinski definition) is 2. The SMILES string of the molecule is CNCC1(C(N)C2CCC2)CC1. The van der Waals surface area contributed by atoms with E-state index in [0.717, 1.165) is 12.5 Å². The number of nitrogens with one attached hydrogen (secondary N) is 1. The first kappa shape index (κ1) is 8.52. The van der Waals surface area contributed by atoms with Gasteiger partial charge in [-0.2, -0.15) is 0 Å². The summed E-state index contributed by atoms with van der Waals surface area (Å²) in [6.07, 6.45) is 6.88. The molecule has 0 bridgehead atoms. The Morgan fingerprint density at radius 3 is 2.50 bits per heavy atom. The van der Waals surface area contributed by atoms with E-state index in [1.807, 2.05) is 7.05 Å². The van der Waals surface area contributed by atoms with Gasteiger partial charge in [0.15, 0.2) is 0 Å². The van der Waals surface area contributed by atoms with Crippen molar-refractivity contribution >= 4 is 0 Å². The van der Waals surface area contributed by atoms with Crippen LogP contribution in [-0.2, 0) is 0 Å².